The largest absolute Gasteiger partial charge is 0.363 e. The van der Waals surface area contributed by atoms with Crippen LogP contribution in [0.15, 0.2) is 35.2 Å². The summed E-state index contributed by atoms with van der Waals surface area (Å²) in [5, 5.41) is 0. The van der Waals surface area contributed by atoms with Gasteiger partial charge < -0.3 is 4.90 Å². The van der Waals surface area contributed by atoms with E-state index < -0.39 is 0 Å². The topological polar surface area (TPSA) is 12.4 Å². The molecule has 0 amide bonds. The summed E-state index contributed by atoms with van der Waals surface area (Å²) in [6.45, 7) is 0. The van der Waals surface area contributed by atoms with E-state index in [1.165, 1.54) is 0 Å². The summed E-state index contributed by atoms with van der Waals surface area (Å²) in [6.07, 6.45) is 1.61. The molecule has 1 aromatic rings. The Kier molecular flexibility index (Phi) is 5.85. The molecule has 0 bridgehead atoms. The third-order valence-corrected chi connectivity index (χ3v) is 1.02. The Morgan fingerprint density at radius 2 is 1.80 bits per heavy atom. The van der Waals surface area contributed by atoms with Gasteiger partial charge in [-0.3, -0.25) is 0 Å². The number of hydrogen-bond donors (Lipinski definition) is 0. The van der Waals surface area contributed by atoms with Crippen molar-refractivity contribution in [2.24, 2.45) is 4.90 Å². The molecule has 0 aromatic heterocycles. The normalized spacial score (nSPS) is 9.20. The van der Waals surface area contributed by atoms with E-state index in [0.29, 0.717) is 0 Å². The van der Waals surface area contributed by atoms with Crippen LogP contribution in [0.4, 0.5) is 0 Å². The first-order valence-electron chi connectivity index (χ1n) is 2.72. The summed E-state index contributed by atoms with van der Waals surface area (Å²) in [4.78, 5) is 3.38. The van der Waals surface area contributed by atoms with E-state index in [1.54, 1.807) is 6.21 Å². The van der Waals surface area contributed by atoms with E-state index in [4.69, 9.17) is 7.98 Å². The third kappa shape index (κ3) is 3.28. The van der Waals surface area contributed by atoms with Crippen molar-refractivity contribution in [3.8, 4) is 0 Å². The summed E-state index contributed by atoms with van der Waals surface area (Å²) >= 11 is 0. The summed E-state index contributed by atoms with van der Waals surface area (Å²) < 4.78 is 0. The Balaban J connectivity index is 0.000000810. The van der Waals surface area contributed by atoms with Crippen LogP contribution in [0.1, 0.15) is 5.56 Å². The third-order valence-electron chi connectivity index (χ3n) is 1.02. The molecule has 45 valence electrons. The van der Waals surface area contributed by atoms with Gasteiger partial charge in [0.15, 0.2) is 0 Å². The second-order valence-corrected chi connectivity index (χ2v) is 1.69. The quantitative estimate of drug-likeness (QED) is 0.481. The average molecular weight is 204 g/mol. The van der Waals surface area contributed by atoms with Crippen molar-refractivity contribution < 1.29 is 32.7 Å². The van der Waals surface area contributed by atoms with Gasteiger partial charge in [0.25, 0.3) is 7.98 Å². The molecular weight excluding hydrogens is 198 g/mol. The van der Waals surface area contributed by atoms with Crippen LogP contribution in [0.3, 0.4) is 0 Å². The van der Waals surface area contributed by atoms with Gasteiger partial charge in [-0.1, -0.05) is 30.3 Å². The van der Waals surface area contributed by atoms with E-state index >= 15 is 0 Å². The fourth-order valence-electron chi connectivity index (χ4n) is 0.625. The molecule has 0 fully saturated rings. The summed E-state index contributed by atoms with van der Waals surface area (Å²) in [5.41, 5.74) is 1.03. The van der Waals surface area contributed by atoms with Gasteiger partial charge in [-0.05, 0) is 5.56 Å². The van der Waals surface area contributed by atoms with Crippen molar-refractivity contribution in [3.63, 3.8) is 0 Å². The SMILES string of the molecule is [B]/N=C\c1ccccc1.[Y]. The van der Waals surface area contributed by atoms with Crippen molar-refractivity contribution in [3.05, 3.63) is 35.9 Å². The molecule has 0 saturated carbocycles. The molecule has 0 saturated heterocycles. The molecule has 0 aliphatic carbocycles. The molecule has 1 aromatic carbocycles. The van der Waals surface area contributed by atoms with Crippen LogP contribution in [0, 0.1) is 0 Å². The number of benzene rings is 1. The summed E-state index contributed by atoms with van der Waals surface area (Å²) in [7, 11) is 4.93. The predicted octanol–water partition coefficient (Wildman–Crippen LogP) is 1.19. The van der Waals surface area contributed by atoms with Gasteiger partial charge in [-0.2, -0.15) is 0 Å². The zero-order valence-corrected chi connectivity index (χ0v) is 8.40. The van der Waals surface area contributed by atoms with Gasteiger partial charge in [0.2, 0.25) is 0 Å². The van der Waals surface area contributed by atoms with Gasteiger partial charge in [0, 0.05) is 38.9 Å². The van der Waals surface area contributed by atoms with Crippen molar-refractivity contribution >= 4 is 14.2 Å². The monoisotopic (exact) mass is 204 g/mol. The fraction of sp³-hybridized carbons (Fsp3) is 0. The van der Waals surface area contributed by atoms with Crippen LogP contribution >= 0.6 is 0 Å². The molecule has 10 heavy (non-hydrogen) atoms. The number of rotatable bonds is 1. The van der Waals surface area contributed by atoms with E-state index in [-0.39, 0.29) is 32.7 Å². The molecule has 0 heterocycles. The van der Waals surface area contributed by atoms with Crippen LogP contribution in [-0.2, 0) is 32.7 Å². The Morgan fingerprint density at radius 3 is 2.30 bits per heavy atom. The van der Waals surface area contributed by atoms with Crippen LogP contribution in [-0.4, -0.2) is 14.2 Å². The van der Waals surface area contributed by atoms with E-state index in [2.05, 4.69) is 4.90 Å². The zero-order chi connectivity index (χ0) is 6.53. The summed E-state index contributed by atoms with van der Waals surface area (Å²) in [6, 6.07) is 9.72. The van der Waals surface area contributed by atoms with Crippen molar-refractivity contribution in [1.29, 1.82) is 0 Å². The van der Waals surface area contributed by atoms with Gasteiger partial charge in [-0.25, -0.2) is 0 Å². The maximum Gasteiger partial charge on any atom is 0.259 e. The summed E-state index contributed by atoms with van der Waals surface area (Å²) in [5.74, 6) is 0. The maximum absolute atomic E-state index is 4.93. The Bertz CT molecular complexity index is 198. The standard InChI is InChI=1S/C7H6BN.Y/c8-9-6-7-4-2-1-3-5-7;/h1-6H;/b9-6-;. The average Bonchev–Trinajstić information content (AvgIpc) is 1.91. The van der Waals surface area contributed by atoms with Gasteiger partial charge >= 0.3 is 0 Å². The minimum absolute atomic E-state index is 0. The van der Waals surface area contributed by atoms with E-state index in [0.717, 1.165) is 5.56 Å². The number of nitrogens with zero attached hydrogens (tertiary/aromatic N) is 1. The maximum atomic E-state index is 4.93. The van der Waals surface area contributed by atoms with Crippen LogP contribution < -0.4 is 0 Å². The second-order valence-electron chi connectivity index (χ2n) is 1.69. The second kappa shape index (κ2) is 5.81. The minimum Gasteiger partial charge on any atom is -0.363 e. The van der Waals surface area contributed by atoms with E-state index in [1.807, 2.05) is 30.3 Å². The first-order valence-corrected chi connectivity index (χ1v) is 2.72. The first kappa shape index (κ1) is 10.1. The van der Waals surface area contributed by atoms with Crippen molar-refractivity contribution in [2.75, 3.05) is 0 Å². The molecule has 0 N–H and O–H groups in total. The van der Waals surface area contributed by atoms with Crippen LogP contribution in [0.2, 0.25) is 0 Å². The zero-order valence-electron chi connectivity index (χ0n) is 5.57. The molecule has 0 aliphatic heterocycles. The molecule has 1 nitrogen and oxygen atoms in total. The van der Waals surface area contributed by atoms with Crippen molar-refractivity contribution in [1.82, 2.24) is 0 Å². The molecule has 3 heteroatoms. The van der Waals surface area contributed by atoms with Crippen molar-refractivity contribution in [2.45, 2.75) is 0 Å². The predicted molar refractivity (Wildman–Crippen MR) is 39.8 cm³/mol. The van der Waals surface area contributed by atoms with Gasteiger partial charge in [-0.15, -0.1) is 0 Å². The molecule has 0 atom stereocenters. The van der Waals surface area contributed by atoms with E-state index in [9.17, 15) is 0 Å². The van der Waals surface area contributed by atoms with Crippen LogP contribution in [0.25, 0.3) is 0 Å². The number of hydrogen-bond acceptors (Lipinski definition) is 1. The Hall–Kier alpha value is 0.0588. The molecule has 0 aliphatic rings. The molecular formula is C7H6BNY. The Morgan fingerprint density at radius 1 is 1.20 bits per heavy atom. The minimum atomic E-state index is 0. The first-order chi connectivity index (χ1) is 4.43. The van der Waals surface area contributed by atoms with Crippen LogP contribution in [0.5, 0.6) is 0 Å². The smallest absolute Gasteiger partial charge is 0.259 e. The fourth-order valence-corrected chi connectivity index (χ4v) is 0.625. The van der Waals surface area contributed by atoms with Gasteiger partial charge in [0.1, 0.15) is 0 Å². The Labute approximate surface area is 87.2 Å². The molecule has 0 spiro atoms. The molecule has 1 rings (SSSR count). The molecule has 0 unspecified atom stereocenters. The molecule has 3 radical (unpaired) electrons. The van der Waals surface area contributed by atoms with Gasteiger partial charge in [0.05, 0.1) is 0 Å².